The summed E-state index contributed by atoms with van der Waals surface area (Å²) in [5, 5.41) is 0.888. The summed E-state index contributed by atoms with van der Waals surface area (Å²) in [6.45, 7) is 3.75. The zero-order chi connectivity index (χ0) is 30.7. The molecule has 2 atom stereocenters. The highest BCUT2D eigenvalue weighted by molar-refractivity contribution is 6.42. The number of carbonyl (C=O) groups is 3. The second kappa shape index (κ2) is 13.4. The Morgan fingerprint density at radius 1 is 0.837 bits per heavy atom. The van der Waals surface area contributed by atoms with Gasteiger partial charge in [0.25, 0.3) is 5.91 Å². The van der Waals surface area contributed by atoms with E-state index in [0.717, 1.165) is 16.7 Å². The van der Waals surface area contributed by atoms with E-state index in [0.29, 0.717) is 66.8 Å². The fourth-order valence-corrected chi connectivity index (χ4v) is 6.71. The highest BCUT2D eigenvalue weighted by atomic mass is 35.5. The van der Waals surface area contributed by atoms with Crippen molar-refractivity contribution in [1.29, 1.82) is 0 Å². The van der Waals surface area contributed by atoms with Crippen molar-refractivity contribution < 1.29 is 19.1 Å². The molecular formula is C34H37Cl2N3O4. The number of hydrogen-bond acceptors (Lipinski definition) is 4. The molecule has 2 heterocycles. The van der Waals surface area contributed by atoms with Gasteiger partial charge in [-0.25, -0.2) is 0 Å². The molecule has 3 aromatic carbocycles. The molecule has 0 unspecified atom stereocenters. The number of piperidine rings is 2. The first kappa shape index (κ1) is 30.9. The summed E-state index contributed by atoms with van der Waals surface area (Å²) in [7, 11) is 3.39. The number of rotatable bonds is 6. The Morgan fingerprint density at radius 3 is 2.19 bits per heavy atom. The van der Waals surface area contributed by atoms with Crippen LogP contribution in [0.15, 0.2) is 66.7 Å². The molecule has 2 saturated heterocycles. The van der Waals surface area contributed by atoms with Gasteiger partial charge in [0, 0.05) is 58.0 Å². The van der Waals surface area contributed by atoms with E-state index >= 15 is 0 Å². The lowest BCUT2D eigenvalue weighted by molar-refractivity contribution is -0.141. The quantitative estimate of drug-likeness (QED) is 0.320. The normalized spacial score (nSPS) is 19.2. The summed E-state index contributed by atoms with van der Waals surface area (Å²) in [5.41, 5.74) is 3.34. The van der Waals surface area contributed by atoms with Crippen LogP contribution in [0.2, 0.25) is 10.0 Å². The smallest absolute Gasteiger partial charge is 0.257 e. The number of hydrogen-bond donors (Lipinski definition) is 0. The van der Waals surface area contributed by atoms with Gasteiger partial charge in [-0.05, 0) is 60.2 Å². The van der Waals surface area contributed by atoms with Gasteiger partial charge in [-0.15, -0.1) is 0 Å². The molecule has 0 aromatic heterocycles. The Hall–Kier alpha value is -3.55. The number of amides is 3. The minimum Gasteiger partial charge on any atom is -0.496 e. The molecule has 0 saturated carbocycles. The van der Waals surface area contributed by atoms with Crippen molar-refractivity contribution in [2.75, 3.05) is 40.3 Å². The third-order valence-electron chi connectivity index (χ3n) is 8.90. The Labute approximate surface area is 263 Å². The van der Waals surface area contributed by atoms with E-state index in [1.165, 1.54) is 0 Å². The van der Waals surface area contributed by atoms with Crippen LogP contribution in [0.3, 0.4) is 0 Å². The van der Waals surface area contributed by atoms with E-state index in [1.807, 2.05) is 72.6 Å². The van der Waals surface area contributed by atoms with Gasteiger partial charge in [-0.1, -0.05) is 65.7 Å². The largest absolute Gasteiger partial charge is 0.496 e. The summed E-state index contributed by atoms with van der Waals surface area (Å²) in [5.74, 6) is 0.212. The predicted octanol–water partition coefficient (Wildman–Crippen LogP) is 6.38. The van der Waals surface area contributed by atoms with Gasteiger partial charge in [-0.3, -0.25) is 14.4 Å². The van der Waals surface area contributed by atoms with Gasteiger partial charge in [0.1, 0.15) is 5.75 Å². The van der Waals surface area contributed by atoms with Crippen LogP contribution in [0, 0.1) is 5.92 Å². The molecule has 226 valence electrons. The lowest BCUT2D eigenvalue weighted by Crippen LogP contribution is -2.53. The molecule has 5 rings (SSSR count). The summed E-state index contributed by atoms with van der Waals surface area (Å²) in [6, 6.07) is 20.9. The topological polar surface area (TPSA) is 70.2 Å². The lowest BCUT2D eigenvalue weighted by atomic mass is 9.83. The van der Waals surface area contributed by atoms with Crippen LogP contribution in [0.4, 0.5) is 0 Å². The summed E-state index contributed by atoms with van der Waals surface area (Å²) in [6.07, 6.45) is 1.92. The molecule has 0 spiro atoms. The Bertz CT molecular complexity index is 1490. The molecule has 0 N–H and O–H groups in total. The predicted molar refractivity (Wildman–Crippen MR) is 170 cm³/mol. The van der Waals surface area contributed by atoms with Gasteiger partial charge < -0.3 is 19.4 Å². The van der Waals surface area contributed by atoms with Crippen molar-refractivity contribution in [2.45, 2.75) is 38.1 Å². The van der Waals surface area contributed by atoms with Crippen LogP contribution in [0.5, 0.6) is 5.75 Å². The minimum atomic E-state index is -0.196. The van der Waals surface area contributed by atoms with E-state index in [9.17, 15) is 14.4 Å². The van der Waals surface area contributed by atoms with E-state index in [2.05, 4.69) is 0 Å². The van der Waals surface area contributed by atoms with Crippen LogP contribution >= 0.6 is 23.2 Å². The molecule has 3 aromatic rings. The Balaban J connectivity index is 1.41. The van der Waals surface area contributed by atoms with Gasteiger partial charge in [0.15, 0.2) is 0 Å². The number of halogens is 2. The minimum absolute atomic E-state index is 0.0463. The molecule has 0 bridgehead atoms. The van der Waals surface area contributed by atoms with Crippen molar-refractivity contribution in [3.63, 3.8) is 0 Å². The zero-order valence-corrected chi connectivity index (χ0v) is 26.3. The molecule has 3 amide bonds. The third-order valence-corrected chi connectivity index (χ3v) is 9.64. The molecule has 43 heavy (non-hydrogen) atoms. The monoisotopic (exact) mass is 621 g/mol. The maximum atomic E-state index is 14.1. The maximum Gasteiger partial charge on any atom is 0.257 e. The number of ether oxygens (including phenoxy) is 1. The summed E-state index contributed by atoms with van der Waals surface area (Å²) >= 11 is 12.7. The number of methoxy groups -OCH3 is 1. The molecule has 0 aliphatic carbocycles. The number of nitrogens with zero attached hydrogens (tertiary/aromatic N) is 3. The average Bonchev–Trinajstić information content (AvgIpc) is 3.04. The van der Waals surface area contributed by atoms with Crippen molar-refractivity contribution >= 4 is 40.9 Å². The molecular weight excluding hydrogens is 585 g/mol. The first-order valence-electron chi connectivity index (χ1n) is 14.7. The van der Waals surface area contributed by atoms with Crippen molar-refractivity contribution in [3.05, 3.63) is 87.9 Å². The summed E-state index contributed by atoms with van der Waals surface area (Å²) < 4.78 is 5.62. The second-order valence-electron chi connectivity index (χ2n) is 11.4. The average molecular weight is 623 g/mol. The highest BCUT2D eigenvalue weighted by Crippen LogP contribution is 2.37. The number of likely N-dealkylation sites (N-methyl/N-ethyl adjacent to an activating group) is 1. The van der Waals surface area contributed by atoms with Crippen LogP contribution in [0.25, 0.3) is 11.1 Å². The van der Waals surface area contributed by atoms with Crippen molar-refractivity contribution in [2.24, 2.45) is 5.92 Å². The van der Waals surface area contributed by atoms with Crippen LogP contribution in [-0.4, -0.2) is 78.8 Å². The fraction of sp³-hybridized carbons (Fsp3) is 0.382. The van der Waals surface area contributed by atoms with Crippen LogP contribution < -0.4 is 4.74 Å². The zero-order valence-electron chi connectivity index (χ0n) is 24.8. The molecule has 0 radical (unpaired) electrons. The van der Waals surface area contributed by atoms with E-state index in [1.54, 1.807) is 29.9 Å². The number of carbonyl (C=O) groups excluding carboxylic acids is 3. The molecule has 7 nitrogen and oxygen atoms in total. The van der Waals surface area contributed by atoms with Gasteiger partial charge in [0.05, 0.1) is 22.7 Å². The van der Waals surface area contributed by atoms with E-state index in [4.69, 9.17) is 27.9 Å². The first-order valence-corrected chi connectivity index (χ1v) is 15.4. The SMILES string of the molecule is COc1ccc(-c2ccccc2)cc1C(=O)N(C)[C@@H]1CCN(C(=O)C2CCN(C(C)=O)CC2)C[C@H]1c1ccc(Cl)c(Cl)c1. The lowest BCUT2D eigenvalue weighted by Gasteiger charge is -2.44. The van der Waals surface area contributed by atoms with Crippen LogP contribution in [0.1, 0.15) is 48.0 Å². The van der Waals surface area contributed by atoms with E-state index in [-0.39, 0.29) is 35.6 Å². The highest BCUT2D eigenvalue weighted by Gasteiger charge is 2.39. The number of benzene rings is 3. The molecule has 9 heteroatoms. The standard InChI is InChI=1S/C34H37Cl2N3O4/c1-22(40)38-16-13-24(14-17-38)33(41)39-18-15-31(28(21-39)26-9-11-29(35)30(36)20-26)37(2)34(42)27-19-25(10-12-32(27)43-3)23-7-5-4-6-8-23/h4-12,19-20,24,28,31H,13-18,21H2,1-3H3/t28-,31+/m0/s1. The van der Waals surface area contributed by atoms with Gasteiger partial charge in [0.2, 0.25) is 11.8 Å². The molecule has 2 fully saturated rings. The fourth-order valence-electron chi connectivity index (χ4n) is 6.40. The van der Waals surface area contributed by atoms with Gasteiger partial charge >= 0.3 is 0 Å². The molecule has 2 aliphatic rings. The Kier molecular flexibility index (Phi) is 9.62. The van der Waals surface area contributed by atoms with Crippen molar-refractivity contribution in [3.8, 4) is 16.9 Å². The maximum absolute atomic E-state index is 14.1. The first-order chi connectivity index (χ1) is 20.7. The third kappa shape index (κ3) is 6.68. The second-order valence-corrected chi connectivity index (χ2v) is 12.2. The number of likely N-dealkylation sites (tertiary alicyclic amines) is 2. The summed E-state index contributed by atoms with van der Waals surface area (Å²) in [4.78, 5) is 45.1. The van der Waals surface area contributed by atoms with Gasteiger partial charge in [-0.2, -0.15) is 0 Å². The van der Waals surface area contributed by atoms with E-state index < -0.39 is 0 Å². The van der Waals surface area contributed by atoms with Crippen molar-refractivity contribution in [1.82, 2.24) is 14.7 Å². The Morgan fingerprint density at radius 2 is 1.53 bits per heavy atom. The van der Waals surface area contributed by atoms with Crippen LogP contribution in [-0.2, 0) is 9.59 Å². The molecule has 2 aliphatic heterocycles.